The molecule has 9 nitrogen and oxygen atoms in total. The molecule has 2 aliphatic heterocycles. The fourth-order valence-corrected chi connectivity index (χ4v) is 7.06. The highest BCUT2D eigenvalue weighted by molar-refractivity contribution is 8.00. The van der Waals surface area contributed by atoms with Crippen molar-refractivity contribution in [1.82, 2.24) is 19.9 Å². The van der Waals surface area contributed by atoms with Crippen LogP contribution in [0.4, 0.5) is 23.5 Å². The van der Waals surface area contributed by atoms with E-state index >= 15 is 0 Å². The minimum absolute atomic E-state index is 0.535. The van der Waals surface area contributed by atoms with Crippen LogP contribution >= 0.6 is 23.1 Å². The lowest BCUT2D eigenvalue weighted by atomic mass is 10.1. The van der Waals surface area contributed by atoms with E-state index < -0.39 is 0 Å². The fourth-order valence-electron chi connectivity index (χ4n) is 4.95. The molecular formula is C29H29N7O2S2. The Bertz CT molecular complexity index is 1590. The Balaban J connectivity index is 1.12. The standard InChI is InChI=1S/C29H29N7O2S2/c1-2-7-23-20(4-1)5-3-6-21(23)19-39-29-31-24-9-8-22(18-25(24)40-29)30-26-32-27(35-10-14-37-15-11-35)34-28(33-26)36-12-16-38-17-13-36/h1-9,18H,10-17,19H2,(H,30,32,33,34). The number of rotatable bonds is 7. The molecule has 0 radical (unpaired) electrons. The molecular weight excluding hydrogens is 543 g/mol. The van der Waals surface area contributed by atoms with E-state index in [0.29, 0.717) is 44.3 Å². The van der Waals surface area contributed by atoms with E-state index in [1.165, 1.54) is 16.3 Å². The highest BCUT2D eigenvalue weighted by Gasteiger charge is 2.21. The summed E-state index contributed by atoms with van der Waals surface area (Å²) in [6.07, 6.45) is 0. The molecule has 2 saturated heterocycles. The van der Waals surface area contributed by atoms with E-state index in [2.05, 4.69) is 69.7 Å². The van der Waals surface area contributed by atoms with Gasteiger partial charge in [-0.25, -0.2) is 4.98 Å². The normalized spacial score (nSPS) is 16.1. The maximum Gasteiger partial charge on any atom is 0.233 e. The third-order valence-corrected chi connectivity index (χ3v) is 9.27. The predicted molar refractivity (Wildman–Crippen MR) is 162 cm³/mol. The zero-order valence-corrected chi connectivity index (χ0v) is 23.6. The van der Waals surface area contributed by atoms with E-state index in [1.807, 2.05) is 6.07 Å². The first-order chi connectivity index (χ1) is 19.8. The van der Waals surface area contributed by atoms with Crippen LogP contribution in [0.25, 0.3) is 21.0 Å². The number of nitrogens with one attached hydrogen (secondary N) is 1. The fraction of sp³-hybridized carbons (Fsp3) is 0.310. The average Bonchev–Trinajstić information content (AvgIpc) is 3.43. The first kappa shape index (κ1) is 25.5. The van der Waals surface area contributed by atoms with Crippen LogP contribution in [0.1, 0.15) is 5.56 Å². The van der Waals surface area contributed by atoms with Crippen LogP contribution in [0, 0.1) is 0 Å². The summed E-state index contributed by atoms with van der Waals surface area (Å²) in [5, 5.41) is 6.01. The Kier molecular flexibility index (Phi) is 7.34. The molecule has 0 atom stereocenters. The SMILES string of the molecule is c1ccc2c(CSc3nc4ccc(Nc5nc(N6CCOCC6)nc(N6CCOCC6)n5)cc4s3)cccc2c1. The first-order valence-electron chi connectivity index (χ1n) is 13.5. The molecule has 204 valence electrons. The smallest absolute Gasteiger partial charge is 0.233 e. The second kappa shape index (κ2) is 11.5. The van der Waals surface area contributed by atoms with Crippen molar-refractivity contribution in [3.63, 3.8) is 0 Å². The number of hydrogen-bond donors (Lipinski definition) is 1. The molecule has 0 amide bonds. The summed E-state index contributed by atoms with van der Waals surface area (Å²) in [7, 11) is 0. The number of fused-ring (bicyclic) bond motifs is 2. The van der Waals surface area contributed by atoms with Gasteiger partial charge in [-0.2, -0.15) is 15.0 Å². The highest BCUT2D eigenvalue weighted by Crippen LogP contribution is 2.34. The molecule has 2 aliphatic rings. The van der Waals surface area contributed by atoms with Crippen LogP contribution < -0.4 is 15.1 Å². The molecule has 3 aromatic carbocycles. The van der Waals surface area contributed by atoms with Crippen LogP contribution in [0.15, 0.2) is 65.0 Å². The summed E-state index contributed by atoms with van der Waals surface area (Å²) in [6.45, 7) is 5.73. The Labute approximate surface area is 240 Å². The third kappa shape index (κ3) is 5.55. The number of thioether (sulfide) groups is 1. The van der Waals surface area contributed by atoms with Gasteiger partial charge in [-0.1, -0.05) is 54.2 Å². The molecule has 0 unspecified atom stereocenters. The maximum atomic E-state index is 5.54. The van der Waals surface area contributed by atoms with Crippen LogP contribution in [0.3, 0.4) is 0 Å². The zero-order chi connectivity index (χ0) is 26.7. The Morgan fingerprint density at radius 1 is 0.775 bits per heavy atom. The van der Waals surface area contributed by atoms with Gasteiger partial charge in [0.05, 0.1) is 36.6 Å². The van der Waals surface area contributed by atoms with Gasteiger partial charge >= 0.3 is 0 Å². The van der Waals surface area contributed by atoms with Gasteiger partial charge in [0.15, 0.2) is 4.34 Å². The molecule has 0 saturated carbocycles. The highest BCUT2D eigenvalue weighted by atomic mass is 32.2. The summed E-state index contributed by atoms with van der Waals surface area (Å²) >= 11 is 3.49. The van der Waals surface area contributed by atoms with Crippen molar-refractivity contribution in [3.8, 4) is 0 Å². The number of ether oxygens (including phenoxy) is 2. The van der Waals surface area contributed by atoms with E-state index in [0.717, 1.165) is 52.2 Å². The quantitative estimate of drug-likeness (QED) is 0.258. The minimum atomic E-state index is 0.535. The molecule has 2 aromatic heterocycles. The van der Waals surface area contributed by atoms with Gasteiger partial charge in [-0.15, -0.1) is 11.3 Å². The largest absolute Gasteiger partial charge is 0.378 e. The summed E-state index contributed by atoms with van der Waals surface area (Å²) in [5.41, 5.74) is 3.25. The van der Waals surface area contributed by atoms with Crippen molar-refractivity contribution in [2.75, 3.05) is 67.7 Å². The Hall–Kier alpha value is -3.51. The van der Waals surface area contributed by atoms with E-state index in [9.17, 15) is 0 Å². The molecule has 0 spiro atoms. The van der Waals surface area contributed by atoms with Crippen molar-refractivity contribution in [1.29, 1.82) is 0 Å². The monoisotopic (exact) mass is 571 g/mol. The van der Waals surface area contributed by atoms with Gasteiger partial charge in [0.2, 0.25) is 17.8 Å². The van der Waals surface area contributed by atoms with Crippen molar-refractivity contribution in [2.45, 2.75) is 10.1 Å². The molecule has 4 heterocycles. The van der Waals surface area contributed by atoms with E-state index in [-0.39, 0.29) is 0 Å². The summed E-state index contributed by atoms with van der Waals surface area (Å²) in [5.74, 6) is 2.76. The molecule has 0 bridgehead atoms. The maximum absolute atomic E-state index is 5.54. The molecule has 11 heteroatoms. The molecule has 2 fully saturated rings. The number of hydrogen-bond acceptors (Lipinski definition) is 11. The van der Waals surface area contributed by atoms with E-state index in [1.54, 1.807) is 23.1 Å². The number of benzene rings is 3. The average molecular weight is 572 g/mol. The van der Waals surface area contributed by atoms with Crippen LogP contribution in [0.2, 0.25) is 0 Å². The van der Waals surface area contributed by atoms with Gasteiger partial charge in [0, 0.05) is 37.6 Å². The zero-order valence-electron chi connectivity index (χ0n) is 22.0. The lowest BCUT2D eigenvalue weighted by Crippen LogP contribution is -2.40. The van der Waals surface area contributed by atoms with Gasteiger partial charge in [0.25, 0.3) is 0 Å². The van der Waals surface area contributed by atoms with E-state index in [4.69, 9.17) is 29.4 Å². The second-order valence-corrected chi connectivity index (χ2v) is 11.9. The molecule has 5 aromatic rings. The predicted octanol–water partition coefficient (Wildman–Crippen LogP) is 5.34. The lowest BCUT2D eigenvalue weighted by Gasteiger charge is -2.30. The third-order valence-electron chi connectivity index (χ3n) is 7.06. The van der Waals surface area contributed by atoms with Gasteiger partial charge < -0.3 is 24.6 Å². The lowest BCUT2D eigenvalue weighted by molar-refractivity contribution is 0.121. The van der Waals surface area contributed by atoms with Gasteiger partial charge in [0.1, 0.15) is 0 Å². The van der Waals surface area contributed by atoms with Crippen LogP contribution in [-0.2, 0) is 15.2 Å². The summed E-state index contributed by atoms with van der Waals surface area (Å²) in [4.78, 5) is 23.6. The van der Waals surface area contributed by atoms with Crippen LogP contribution in [0.5, 0.6) is 0 Å². The van der Waals surface area contributed by atoms with Crippen LogP contribution in [-0.4, -0.2) is 72.5 Å². The summed E-state index contributed by atoms with van der Waals surface area (Å²) < 4.78 is 13.3. The Morgan fingerprint density at radius 3 is 2.23 bits per heavy atom. The number of thiazole rings is 1. The number of anilines is 4. The number of aromatic nitrogens is 4. The van der Waals surface area contributed by atoms with Crippen molar-refractivity contribution in [2.24, 2.45) is 0 Å². The Morgan fingerprint density at radius 2 is 1.48 bits per heavy atom. The first-order valence-corrected chi connectivity index (χ1v) is 15.3. The molecule has 1 N–H and O–H groups in total. The molecule has 0 aliphatic carbocycles. The molecule has 7 rings (SSSR count). The van der Waals surface area contributed by atoms with Crippen molar-refractivity contribution in [3.05, 3.63) is 66.2 Å². The summed E-state index contributed by atoms with van der Waals surface area (Å²) in [6, 6.07) is 21.3. The van der Waals surface area contributed by atoms with Gasteiger partial charge in [-0.3, -0.25) is 0 Å². The number of morpholine rings is 2. The second-order valence-electron chi connectivity index (χ2n) is 9.67. The minimum Gasteiger partial charge on any atom is -0.378 e. The van der Waals surface area contributed by atoms with Crippen molar-refractivity contribution < 1.29 is 9.47 Å². The van der Waals surface area contributed by atoms with Crippen molar-refractivity contribution >= 4 is 67.6 Å². The van der Waals surface area contributed by atoms with Gasteiger partial charge in [-0.05, 0) is 34.5 Å². The molecule has 40 heavy (non-hydrogen) atoms. The number of nitrogens with zero attached hydrogens (tertiary/aromatic N) is 6. The topological polar surface area (TPSA) is 88.5 Å².